The summed E-state index contributed by atoms with van der Waals surface area (Å²) in [6.07, 6.45) is 2.09. The Bertz CT molecular complexity index is 720. The lowest BCUT2D eigenvalue weighted by molar-refractivity contribution is 0.0759. The number of carbonyl (C=O) groups is 1. The zero-order valence-corrected chi connectivity index (χ0v) is 15.1. The van der Waals surface area contributed by atoms with Gasteiger partial charge in [0.1, 0.15) is 16.9 Å². The molecule has 0 aromatic heterocycles. The first-order valence-corrected chi connectivity index (χ1v) is 9.65. The van der Waals surface area contributed by atoms with Crippen LogP contribution in [0.15, 0.2) is 48.5 Å². The van der Waals surface area contributed by atoms with Gasteiger partial charge in [0.25, 0.3) is 5.91 Å². The summed E-state index contributed by atoms with van der Waals surface area (Å²) in [4.78, 5) is 14.6. The Morgan fingerprint density at radius 2 is 2.00 bits per heavy atom. The van der Waals surface area contributed by atoms with Crippen LogP contribution in [0.1, 0.15) is 41.1 Å². The molecule has 2 aromatic rings. The van der Waals surface area contributed by atoms with Gasteiger partial charge < -0.3 is 9.64 Å². The Morgan fingerprint density at radius 3 is 2.72 bits per heavy atom. The first-order valence-electron chi connectivity index (χ1n) is 8.60. The molecule has 2 aromatic carbocycles. The highest BCUT2D eigenvalue weighted by molar-refractivity contribution is 7.99. The van der Waals surface area contributed by atoms with Gasteiger partial charge in [-0.05, 0) is 36.8 Å². The maximum absolute atomic E-state index is 14.1. The topological polar surface area (TPSA) is 29.5 Å². The minimum atomic E-state index is -0.269. The summed E-state index contributed by atoms with van der Waals surface area (Å²) < 4.78 is 19.7. The molecule has 0 N–H and O–H groups in total. The number of benzene rings is 2. The Labute approximate surface area is 152 Å². The minimum Gasteiger partial charge on any atom is -0.494 e. The molecule has 1 atom stereocenters. The average molecular weight is 359 g/mol. The molecule has 0 saturated carbocycles. The molecule has 0 aliphatic carbocycles. The summed E-state index contributed by atoms with van der Waals surface area (Å²) in [6, 6.07) is 13.9. The molecule has 1 aliphatic heterocycles. The first kappa shape index (κ1) is 17.8. The van der Waals surface area contributed by atoms with Crippen LogP contribution in [0.25, 0.3) is 0 Å². The Hall–Kier alpha value is -2.01. The van der Waals surface area contributed by atoms with Crippen LogP contribution in [-0.2, 0) is 0 Å². The van der Waals surface area contributed by atoms with E-state index in [-0.39, 0.29) is 17.1 Å². The van der Waals surface area contributed by atoms with Crippen LogP contribution in [-0.4, -0.2) is 29.7 Å². The summed E-state index contributed by atoms with van der Waals surface area (Å²) in [7, 11) is 0. The monoisotopic (exact) mass is 359 g/mol. The van der Waals surface area contributed by atoms with Crippen LogP contribution in [0.2, 0.25) is 0 Å². The first-order chi connectivity index (χ1) is 12.2. The highest BCUT2D eigenvalue weighted by atomic mass is 32.2. The molecular weight excluding hydrogens is 337 g/mol. The van der Waals surface area contributed by atoms with E-state index in [1.165, 1.54) is 6.07 Å². The smallest absolute Gasteiger partial charge is 0.255 e. The number of rotatable bonds is 6. The number of carbonyl (C=O) groups excluding carboxylic acids is 1. The highest BCUT2D eigenvalue weighted by Crippen LogP contribution is 2.39. The molecule has 1 saturated heterocycles. The van der Waals surface area contributed by atoms with E-state index in [0.29, 0.717) is 24.3 Å². The standard InChI is InChI=1S/C20H22FNO2S/c1-2-3-13-24-16-10-8-15(9-11-16)19(23)22-12-14-25-20(22)17-6-4-5-7-18(17)21/h4-11,20H,2-3,12-14H2,1H3/t20-/m0/s1. The van der Waals surface area contributed by atoms with E-state index in [1.54, 1.807) is 40.9 Å². The third-order valence-electron chi connectivity index (χ3n) is 4.19. The van der Waals surface area contributed by atoms with E-state index in [2.05, 4.69) is 6.92 Å². The molecule has 1 aliphatic rings. The SMILES string of the molecule is CCCCOc1ccc(C(=O)N2CCS[C@H]2c2ccccc2F)cc1. The molecular formula is C20H22FNO2S. The van der Waals surface area contributed by atoms with Crippen LogP contribution in [0.5, 0.6) is 5.75 Å². The van der Waals surface area contributed by atoms with Crippen molar-refractivity contribution >= 4 is 17.7 Å². The van der Waals surface area contributed by atoms with Gasteiger partial charge in [-0.25, -0.2) is 4.39 Å². The van der Waals surface area contributed by atoms with Gasteiger partial charge in [0.2, 0.25) is 0 Å². The van der Waals surface area contributed by atoms with Crippen molar-refractivity contribution in [3.05, 3.63) is 65.5 Å². The number of amides is 1. The number of ether oxygens (including phenoxy) is 1. The van der Waals surface area contributed by atoms with Crippen molar-refractivity contribution in [2.75, 3.05) is 18.9 Å². The quantitative estimate of drug-likeness (QED) is 0.688. The van der Waals surface area contributed by atoms with E-state index in [1.807, 2.05) is 18.2 Å². The number of halogens is 1. The van der Waals surface area contributed by atoms with E-state index < -0.39 is 0 Å². The fourth-order valence-electron chi connectivity index (χ4n) is 2.80. The summed E-state index contributed by atoms with van der Waals surface area (Å²) in [5, 5.41) is -0.269. The fraction of sp³-hybridized carbons (Fsp3) is 0.350. The maximum atomic E-state index is 14.1. The highest BCUT2D eigenvalue weighted by Gasteiger charge is 2.32. The predicted octanol–water partition coefficient (Wildman–Crippen LogP) is 4.89. The molecule has 5 heteroatoms. The number of thioether (sulfide) groups is 1. The second-order valence-corrected chi connectivity index (χ2v) is 7.16. The van der Waals surface area contributed by atoms with Gasteiger partial charge in [0, 0.05) is 23.4 Å². The third kappa shape index (κ3) is 4.15. The predicted molar refractivity (Wildman–Crippen MR) is 99.5 cm³/mol. The molecule has 1 heterocycles. The van der Waals surface area contributed by atoms with Gasteiger partial charge in [-0.2, -0.15) is 0 Å². The molecule has 3 rings (SSSR count). The molecule has 132 valence electrons. The van der Waals surface area contributed by atoms with Crippen LogP contribution >= 0.6 is 11.8 Å². The zero-order chi connectivity index (χ0) is 17.6. The van der Waals surface area contributed by atoms with Gasteiger partial charge in [-0.3, -0.25) is 4.79 Å². The van der Waals surface area contributed by atoms with Crippen molar-refractivity contribution in [2.24, 2.45) is 0 Å². The number of nitrogens with zero attached hydrogens (tertiary/aromatic N) is 1. The number of hydrogen-bond donors (Lipinski definition) is 0. The second kappa shape index (κ2) is 8.39. The van der Waals surface area contributed by atoms with Gasteiger partial charge >= 0.3 is 0 Å². The lowest BCUT2D eigenvalue weighted by atomic mass is 10.1. The van der Waals surface area contributed by atoms with Crippen molar-refractivity contribution < 1.29 is 13.9 Å². The third-order valence-corrected chi connectivity index (χ3v) is 5.43. The lowest BCUT2D eigenvalue weighted by Gasteiger charge is -2.24. The van der Waals surface area contributed by atoms with Crippen LogP contribution in [0.3, 0.4) is 0 Å². The molecule has 0 bridgehead atoms. The van der Waals surface area contributed by atoms with E-state index >= 15 is 0 Å². The fourth-order valence-corrected chi connectivity index (χ4v) is 4.08. The van der Waals surface area contributed by atoms with Crippen molar-refractivity contribution in [1.29, 1.82) is 0 Å². The van der Waals surface area contributed by atoms with Crippen molar-refractivity contribution in [2.45, 2.75) is 25.1 Å². The summed E-state index contributed by atoms with van der Waals surface area (Å²) in [5.41, 5.74) is 1.17. The van der Waals surface area contributed by atoms with Gasteiger partial charge in [0.05, 0.1) is 6.61 Å². The van der Waals surface area contributed by atoms with Crippen molar-refractivity contribution in [1.82, 2.24) is 4.90 Å². The lowest BCUT2D eigenvalue weighted by Crippen LogP contribution is -2.30. The van der Waals surface area contributed by atoms with Gasteiger partial charge in [0.15, 0.2) is 0 Å². The van der Waals surface area contributed by atoms with Gasteiger partial charge in [-0.1, -0.05) is 31.5 Å². The van der Waals surface area contributed by atoms with E-state index in [9.17, 15) is 9.18 Å². The van der Waals surface area contributed by atoms with Crippen LogP contribution in [0, 0.1) is 5.82 Å². The van der Waals surface area contributed by atoms with E-state index in [4.69, 9.17) is 4.74 Å². The number of unbranched alkanes of at least 4 members (excludes halogenated alkanes) is 1. The van der Waals surface area contributed by atoms with Crippen LogP contribution < -0.4 is 4.74 Å². The molecule has 0 radical (unpaired) electrons. The Morgan fingerprint density at radius 1 is 1.24 bits per heavy atom. The minimum absolute atomic E-state index is 0.0710. The number of hydrogen-bond acceptors (Lipinski definition) is 3. The normalized spacial score (nSPS) is 16.9. The van der Waals surface area contributed by atoms with Gasteiger partial charge in [-0.15, -0.1) is 11.8 Å². The molecule has 1 amide bonds. The zero-order valence-electron chi connectivity index (χ0n) is 14.3. The summed E-state index contributed by atoms with van der Waals surface area (Å²) >= 11 is 1.60. The van der Waals surface area contributed by atoms with Crippen molar-refractivity contribution in [3.63, 3.8) is 0 Å². The largest absolute Gasteiger partial charge is 0.494 e. The maximum Gasteiger partial charge on any atom is 0.255 e. The summed E-state index contributed by atoms with van der Waals surface area (Å²) in [6.45, 7) is 3.42. The average Bonchev–Trinajstić information content (AvgIpc) is 3.12. The van der Waals surface area contributed by atoms with Crippen LogP contribution in [0.4, 0.5) is 4.39 Å². The van der Waals surface area contributed by atoms with E-state index in [0.717, 1.165) is 24.3 Å². The molecule has 0 unspecified atom stereocenters. The molecule has 25 heavy (non-hydrogen) atoms. The molecule has 1 fully saturated rings. The Balaban J connectivity index is 1.72. The Kier molecular flexibility index (Phi) is 5.97. The summed E-state index contributed by atoms with van der Waals surface area (Å²) in [5.74, 6) is 1.24. The molecule has 0 spiro atoms. The van der Waals surface area contributed by atoms with Crippen molar-refractivity contribution in [3.8, 4) is 5.75 Å². The molecule has 3 nitrogen and oxygen atoms in total. The second-order valence-electron chi connectivity index (χ2n) is 5.97.